The van der Waals surface area contributed by atoms with E-state index in [0.717, 1.165) is 11.9 Å². The maximum Gasteiger partial charge on any atom is 0.222 e. The predicted octanol–water partition coefficient (Wildman–Crippen LogP) is 4.29. The predicted molar refractivity (Wildman–Crippen MR) is 101 cm³/mol. The molecule has 0 saturated carbocycles. The summed E-state index contributed by atoms with van der Waals surface area (Å²) in [6.07, 6.45) is 3.18. The molecule has 0 radical (unpaired) electrons. The van der Waals surface area contributed by atoms with Crippen LogP contribution >= 0.6 is 11.6 Å². The fraction of sp³-hybridized carbons (Fsp3) is 0.250. The molecule has 0 aliphatic heterocycles. The van der Waals surface area contributed by atoms with Crippen molar-refractivity contribution in [3.8, 4) is 5.75 Å². The average Bonchev–Trinajstić information content (AvgIpc) is 3.04. The number of nitrogens with zero attached hydrogens (tertiary/aromatic N) is 1. The van der Waals surface area contributed by atoms with Crippen LogP contribution < -0.4 is 4.74 Å². The van der Waals surface area contributed by atoms with Gasteiger partial charge in [-0.3, -0.25) is 4.79 Å². The summed E-state index contributed by atoms with van der Waals surface area (Å²) in [6, 6.07) is 15.5. The molecule has 3 aromatic rings. The van der Waals surface area contributed by atoms with Crippen molar-refractivity contribution in [2.24, 2.45) is 0 Å². The van der Waals surface area contributed by atoms with Gasteiger partial charge in [-0.2, -0.15) is 0 Å². The second-order valence-corrected chi connectivity index (χ2v) is 6.36. The Kier molecular flexibility index (Phi) is 5.61. The summed E-state index contributed by atoms with van der Waals surface area (Å²) in [5.41, 5.74) is 2.27. The van der Waals surface area contributed by atoms with Crippen molar-refractivity contribution in [3.63, 3.8) is 0 Å². The SMILES string of the molecule is CN(CCOc1ccccc1Cl)C(=O)CCc1c[nH]c2ccccc12. The van der Waals surface area contributed by atoms with Crippen LogP contribution in [-0.4, -0.2) is 36.0 Å². The zero-order valence-corrected chi connectivity index (χ0v) is 14.9. The third-order valence-electron chi connectivity index (χ3n) is 4.23. The monoisotopic (exact) mass is 356 g/mol. The van der Waals surface area contributed by atoms with Crippen LogP contribution in [0, 0.1) is 0 Å². The van der Waals surface area contributed by atoms with Gasteiger partial charge in [0.15, 0.2) is 0 Å². The summed E-state index contributed by atoms with van der Waals surface area (Å²) < 4.78 is 5.63. The number of halogens is 1. The van der Waals surface area contributed by atoms with Crippen molar-refractivity contribution in [1.82, 2.24) is 9.88 Å². The van der Waals surface area contributed by atoms with E-state index in [9.17, 15) is 4.79 Å². The van der Waals surface area contributed by atoms with Gasteiger partial charge in [-0.15, -0.1) is 0 Å². The summed E-state index contributed by atoms with van der Waals surface area (Å²) in [6.45, 7) is 0.941. The lowest BCUT2D eigenvalue weighted by Crippen LogP contribution is -2.31. The highest BCUT2D eigenvalue weighted by Gasteiger charge is 2.11. The number of nitrogens with one attached hydrogen (secondary N) is 1. The van der Waals surface area contributed by atoms with Gasteiger partial charge in [0.2, 0.25) is 5.91 Å². The number of likely N-dealkylation sites (N-methyl/N-ethyl adjacent to an activating group) is 1. The summed E-state index contributed by atoms with van der Waals surface area (Å²) in [5, 5.41) is 1.76. The molecular formula is C20H21ClN2O2. The molecule has 1 N–H and O–H groups in total. The smallest absolute Gasteiger partial charge is 0.222 e. The van der Waals surface area contributed by atoms with Gasteiger partial charge in [-0.05, 0) is 30.2 Å². The lowest BCUT2D eigenvalue weighted by molar-refractivity contribution is -0.130. The van der Waals surface area contributed by atoms with E-state index in [-0.39, 0.29) is 5.91 Å². The van der Waals surface area contributed by atoms with E-state index in [1.165, 1.54) is 10.9 Å². The van der Waals surface area contributed by atoms with Gasteiger partial charge in [0, 0.05) is 30.6 Å². The first-order valence-electron chi connectivity index (χ1n) is 8.31. The molecular weight excluding hydrogens is 336 g/mol. The van der Waals surface area contributed by atoms with Crippen LogP contribution in [-0.2, 0) is 11.2 Å². The highest BCUT2D eigenvalue weighted by Crippen LogP contribution is 2.23. The number of amides is 1. The molecule has 5 heteroatoms. The molecule has 2 aromatic carbocycles. The number of ether oxygens (including phenoxy) is 1. The molecule has 0 saturated heterocycles. The van der Waals surface area contributed by atoms with E-state index >= 15 is 0 Å². The number of hydrogen-bond acceptors (Lipinski definition) is 2. The van der Waals surface area contributed by atoms with Gasteiger partial charge in [-0.25, -0.2) is 0 Å². The van der Waals surface area contributed by atoms with E-state index in [0.29, 0.717) is 30.3 Å². The molecule has 130 valence electrons. The Morgan fingerprint density at radius 1 is 1.16 bits per heavy atom. The summed E-state index contributed by atoms with van der Waals surface area (Å²) in [5.74, 6) is 0.747. The molecule has 4 nitrogen and oxygen atoms in total. The van der Waals surface area contributed by atoms with Crippen LogP contribution in [0.3, 0.4) is 0 Å². The van der Waals surface area contributed by atoms with Crippen LogP contribution in [0.25, 0.3) is 10.9 Å². The van der Waals surface area contributed by atoms with E-state index in [1.54, 1.807) is 18.0 Å². The quantitative estimate of drug-likeness (QED) is 0.686. The zero-order valence-electron chi connectivity index (χ0n) is 14.2. The normalized spacial score (nSPS) is 10.8. The molecule has 0 spiro atoms. The molecule has 0 fully saturated rings. The lowest BCUT2D eigenvalue weighted by atomic mass is 10.1. The molecule has 25 heavy (non-hydrogen) atoms. The first-order chi connectivity index (χ1) is 12.1. The van der Waals surface area contributed by atoms with Crippen molar-refractivity contribution < 1.29 is 9.53 Å². The number of fused-ring (bicyclic) bond motifs is 1. The largest absolute Gasteiger partial charge is 0.490 e. The van der Waals surface area contributed by atoms with Crippen molar-refractivity contribution in [3.05, 3.63) is 65.3 Å². The van der Waals surface area contributed by atoms with Crippen LogP contribution in [0.1, 0.15) is 12.0 Å². The highest BCUT2D eigenvalue weighted by molar-refractivity contribution is 6.32. The molecule has 1 aromatic heterocycles. The standard InChI is InChI=1S/C20H21ClN2O2/c1-23(12-13-25-19-9-5-3-7-17(19)21)20(24)11-10-15-14-22-18-8-4-2-6-16(15)18/h2-9,14,22H,10-13H2,1H3. The third kappa shape index (κ3) is 4.34. The first-order valence-corrected chi connectivity index (χ1v) is 8.69. The van der Waals surface area contributed by atoms with Gasteiger partial charge in [-0.1, -0.05) is 41.9 Å². The maximum absolute atomic E-state index is 12.3. The van der Waals surface area contributed by atoms with E-state index in [4.69, 9.17) is 16.3 Å². The Hall–Kier alpha value is -2.46. The van der Waals surface area contributed by atoms with Crippen molar-refractivity contribution in [2.75, 3.05) is 20.2 Å². The van der Waals surface area contributed by atoms with E-state index in [2.05, 4.69) is 11.1 Å². The van der Waals surface area contributed by atoms with Crippen molar-refractivity contribution in [2.45, 2.75) is 12.8 Å². The zero-order chi connectivity index (χ0) is 17.6. The number of aromatic nitrogens is 1. The molecule has 0 unspecified atom stereocenters. The molecule has 0 aliphatic carbocycles. The van der Waals surface area contributed by atoms with Crippen molar-refractivity contribution in [1.29, 1.82) is 0 Å². The number of carbonyl (C=O) groups is 1. The van der Waals surface area contributed by atoms with Gasteiger partial charge in [0.25, 0.3) is 0 Å². The fourth-order valence-corrected chi connectivity index (χ4v) is 2.94. The van der Waals surface area contributed by atoms with Crippen LogP contribution in [0.15, 0.2) is 54.7 Å². The average molecular weight is 357 g/mol. The topological polar surface area (TPSA) is 45.3 Å². The Balaban J connectivity index is 1.47. The minimum atomic E-state index is 0.105. The number of aromatic amines is 1. The Morgan fingerprint density at radius 2 is 1.92 bits per heavy atom. The maximum atomic E-state index is 12.3. The number of benzene rings is 2. The third-order valence-corrected chi connectivity index (χ3v) is 4.54. The van der Waals surface area contributed by atoms with Crippen LogP contribution in [0.2, 0.25) is 5.02 Å². The minimum Gasteiger partial charge on any atom is -0.490 e. The molecule has 0 aliphatic rings. The van der Waals surface area contributed by atoms with E-state index < -0.39 is 0 Å². The highest BCUT2D eigenvalue weighted by atomic mass is 35.5. The van der Waals surface area contributed by atoms with E-state index in [1.807, 2.05) is 42.6 Å². The molecule has 3 rings (SSSR count). The Bertz CT molecular complexity index is 860. The molecule has 1 heterocycles. The number of carbonyl (C=O) groups excluding carboxylic acids is 1. The number of para-hydroxylation sites is 2. The number of H-pyrrole nitrogens is 1. The lowest BCUT2D eigenvalue weighted by Gasteiger charge is -2.17. The Labute approximate surface area is 152 Å². The van der Waals surface area contributed by atoms with Gasteiger partial charge >= 0.3 is 0 Å². The molecule has 0 atom stereocenters. The van der Waals surface area contributed by atoms with Crippen LogP contribution in [0.5, 0.6) is 5.75 Å². The minimum absolute atomic E-state index is 0.105. The number of rotatable bonds is 7. The first kappa shape index (κ1) is 17.4. The number of aryl methyl sites for hydroxylation is 1. The number of hydrogen-bond donors (Lipinski definition) is 1. The second-order valence-electron chi connectivity index (χ2n) is 5.95. The second kappa shape index (κ2) is 8.08. The molecule has 0 bridgehead atoms. The summed E-state index contributed by atoms with van der Waals surface area (Å²) in [7, 11) is 1.80. The fourth-order valence-electron chi connectivity index (χ4n) is 2.75. The summed E-state index contributed by atoms with van der Waals surface area (Å²) >= 11 is 6.05. The van der Waals surface area contributed by atoms with Crippen LogP contribution in [0.4, 0.5) is 0 Å². The van der Waals surface area contributed by atoms with Crippen molar-refractivity contribution >= 4 is 28.4 Å². The Morgan fingerprint density at radius 3 is 2.76 bits per heavy atom. The van der Waals surface area contributed by atoms with Gasteiger partial charge < -0.3 is 14.6 Å². The summed E-state index contributed by atoms with van der Waals surface area (Å²) in [4.78, 5) is 17.3. The van der Waals surface area contributed by atoms with Gasteiger partial charge in [0.05, 0.1) is 11.6 Å². The molecule has 1 amide bonds. The van der Waals surface area contributed by atoms with Gasteiger partial charge in [0.1, 0.15) is 12.4 Å².